The van der Waals surface area contributed by atoms with Crippen LogP contribution in [0.3, 0.4) is 0 Å². The highest BCUT2D eigenvalue weighted by Gasteiger charge is 2.41. The Morgan fingerprint density at radius 2 is 2.30 bits per heavy atom. The maximum Gasteiger partial charge on any atom is 0.0205 e. The summed E-state index contributed by atoms with van der Waals surface area (Å²) in [4.78, 5) is 2.42. The van der Waals surface area contributed by atoms with Crippen molar-refractivity contribution < 1.29 is 0 Å². The molecule has 0 aromatic carbocycles. The zero-order valence-corrected chi connectivity index (χ0v) is 6.64. The zero-order chi connectivity index (χ0) is 7.14. The van der Waals surface area contributed by atoms with Crippen LogP contribution in [0.5, 0.6) is 0 Å². The van der Waals surface area contributed by atoms with Gasteiger partial charge in [-0.05, 0) is 31.6 Å². The first kappa shape index (κ1) is 6.26. The summed E-state index contributed by atoms with van der Waals surface area (Å²) < 4.78 is 0. The molecular formula is C9H15N. The fourth-order valence-electron chi connectivity index (χ4n) is 1.93. The molecule has 1 aliphatic carbocycles. The first-order chi connectivity index (χ1) is 4.77. The zero-order valence-electron chi connectivity index (χ0n) is 6.64. The minimum absolute atomic E-state index is 1.03. The van der Waals surface area contributed by atoms with Crippen molar-refractivity contribution in [3.8, 4) is 0 Å². The summed E-state index contributed by atoms with van der Waals surface area (Å²) in [5.74, 6) is 2.13. The molecule has 0 radical (unpaired) electrons. The Balaban J connectivity index is 1.94. The molecule has 1 heteroatoms. The first-order valence-corrected chi connectivity index (χ1v) is 4.18. The fourth-order valence-corrected chi connectivity index (χ4v) is 1.93. The second-order valence-corrected chi connectivity index (χ2v) is 3.73. The van der Waals surface area contributed by atoms with E-state index in [0.717, 1.165) is 11.8 Å². The van der Waals surface area contributed by atoms with E-state index in [9.17, 15) is 0 Å². The van der Waals surface area contributed by atoms with Crippen molar-refractivity contribution >= 4 is 0 Å². The van der Waals surface area contributed by atoms with Gasteiger partial charge < -0.3 is 4.90 Å². The van der Waals surface area contributed by atoms with Gasteiger partial charge in [0.1, 0.15) is 0 Å². The van der Waals surface area contributed by atoms with Gasteiger partial charge in [-0.1, -0.05) is 6.58 Å². The molecule has 2 rings (SSSR count). The van der Waals surface area contributed by atoms with E-state index in [-0.39, 0.29) is 0 Å². The number of rotatable bonds is 1. The van der Waals surface area contributed by atoms with Crippen LogP contribution in [0.25, 0.3) is 0 Å². The van der Waals surface area contributed by atoms with Crippen LogP contribution in [-0.2, 0) is 0 Å². The van der Waals surface area contributed by atoms with E-state index in [4.69, 9.17) is 0 Å². The normalized spacial score (nSPS) is 37.1. The first-order valence-electron chi connectivity index (χ1n) is 4.18. The van der Waals surface area contributed by atoms with Crippen molar-refractivity contribution in [2.45, 2.75) is 19.8 Å². The van der Waals surface area contributed by atoms with E-state index >= 15 is 0 Å². The Labute approximate surface area is 62.7 Å². The number of allylic oxidation sites excluding steroid dienone is 1. The Morgan fingerprint density at radius 1 is 1.50 bits per heavy atom. The molecule has 56 valence electrons. The van der Waals surface area contributed by atoms with E-state index in [2.05, 4.69) is 18.4 Å². The highest BCUT2D eigenvalue weighted by Crippen LogP contribution is 2.45. The molecule has 1 saturated carbocycles. The van der Waals surface area contributed by atoms with Crippen LogP contribution in [-0.4, -0.2) is 18.0 Å². The number of piperidine rings is 1. The predicted molar refractivity (Wildman–Crippen MR) is 42.6 cm³/mol. The summed E-state index contributed by atoms with van der Waals surface area (Å²) in [6, 6.07) is 0. The molecule has 1 nitrogen and oxygen atoms in total. The molecule has 1 saturated heterocycles. The minimum Gasteiger partial charge on any atom is -0.375 e. The second-order valence-electron chi connectivity index (χ2n) is 3.73. The third-order valence-electron chi connectivity index (χ3n) is 2.83. The van der Waals surface area contributed by atoms with E-state index in [0.29, 0.717) is 0 Å². The number of hydrogen-bond acceptors (Lipinski definition) is 1. The molecule has 0 spiro atoms. The average molecular weight is 137 g/mol. The molecule has 2 unspecified atom stereocenters. The summed E-state index contributed by atoms with van der Waals surface area (Å²) in [6.45, 7) is 8.62. The number of fused-ring (bicyclic) bond motifs is 1. The fraction of sp³-hybridized carbons (Fsp3) is 0.778. The lowest BCUT2D eigenvalue weighted by atomic mass is 10.1. The van der Waals surface area contributed by atoms with Crippen molar-refractivity contribution in [3.05, 3.63) is 12.3 Å². The van der Waals surface area contributed by atoms with Crippen LogP contribution in [0.1, 0.15) is 19.8 Å². The lowest BCUT2D eigenvalue weighted by Gasteiger charge is -2.28. The summed E-state index contributed by atoms with van der Waals surface area (Å²) in [7, 11) is 0. The Bertz CT molecular complexity index is 162. The monoisotopic (exact) mass is 137 g/mol. The van der Waals surface area contributed by atoms with Crippen LogP contribution in [0.2, 0.25) is 0 Å². The average Bonchev–Trinajstić information content (AvgIpc) is 2.63. The van der Waals surface area contributed by atoms with Gasteiger partial charge in [0.2, 0.25) is 0 Å². The molecule has 2 atom stereocenters. The van der Waals surface area contributed by atoms with Crippen LogP contribution in [0.4, 0.5) is 0 Å². The third-order valence-corrected chi connectivity index (χ3v) is 2.83. The van der Waals surface area contributed by atoms with Crippen molar-refractivity contribution in [1.29, 1.82) is 0 Å². The summed E-state index contributed by atoms with van der Waals surface area (Å²) >= 11 is 0. The largest absolute Gasteiger partial charge is 0.375 e. The van der Waals surface area contributed by atoms with E-state index in [1.807, 2.05) is 0 Å². The molecule has 2 aliphatic rings. The van der Waals surface area contributed by atoms with Crippen LogP contribution >= 0.6 is 0 Å². The van der Waals surface area contributed by atoms with Gasteiger partial charge in [0.15, 0.2) is 0 Å². The molecule has 1 heterocycles. The molecule has 1 aliphatic heterocycles. The number of hydrogen-bond donors (Lipinski definition) is 0. The van der Waals surface area contributed by atoms with Gasteiger partial charge in [-0.25, -0.2) is 0 Å². The molecular weight excluding hydrogens is 122 g/mol. The molecule has 2 fully saturated rings. The van der Waals surface area contributed by atoms with Gasteiger partial charge in [0, 0.05) is 18.8 Å². The van der Waals surface area contributed by atoms with Crippen molar-refractivity contribution in [1.82, 2.24) is 4.90 Å². The van der Waals surface area contributed by atoms with Gasteiger partial charge in [-0.3, -0.25) is 0 Å². The van der Waals surface area contributed by atoms with E-state index in [1.54, 1.807) is 0 Å². The highest BCUT2D eigenvalue weighted by atomic mass is 15.1. The molecule has 10 heavy (non-hydrogen) atoms. The SMILES string of the molecule is C=C(C)N1CCC2CC2C1. The Morgan fingerprint density at radius 3 is 2.90 bits per heavy atom. The van der Waals surface area contributed by atoms with Crippen LogP contribution < -0.4 is 0 Å². The third kappa shape index (κ3) is 0.938. The van der Waals surface area contributed by atoms with Gasteiger partial charge in [-0.15, -0.1) is 0 Å². The van der Waals surface area contributed by atoms with Gasteiger partial charge in [0.25, 0.3) is 0 Å². The van der Waals surface area contributed by atoms with Gasteiger partial charge >= 0.3 is 0 Å². The Kier molecular flexibility index (Phi) is 1.26. The quantitative estimate of drug-likeness (QED) is 0.533. The van der Waals surface area contributed by atoms with Crippen LogP contribution in [0, 0.1) is 11.8 Å². The summed E-state index contributed by atoms with van der Waals surface area (Å²) in [5.41, 5.74) is 1.25. The van der Waals surface area contributed by atoms with Crippen molar-refractivity contribution in [2.24, 2.45) is 11.8 Å². The van der Waals surface area contributed by atoms with Crippen molar-refractivity contribution in [2.75, 3.05) is 13.1 Å². The molecule has 0 amide bonds. The Hall–Kier alpha value is -0.460. The van der Waals surface area contributed by atoms with Gasteiger partial charge in [0.05, 0.1) is 0 Å². The number of nitrogens with zero attached hydrogens (tertiary/aromatic N) is 1. The van der Waals surface area contributed by atoms with Crippen LogP contribution in [0.15, 0.2) is 12.3 Å². The lowest BCUT2D eigenvalue weighted by molar-refractivity contribution is 0.275. The molecule has 0 N–H and O–H groups in total. The standard InChI is InChI=1S/C9H15N/c1-7(2)10-4-3-8-5-9(8)6-10/h8-9H,1,3-6H2,2H3. The predicted octanol–water partition coefficient (Wildman–Crippen LogP) is 1.86. The lowest BCUT2D eigenvalue weighted by Crippen LogP contribution is -2.29. The molecule has 0 bridgehead atoms. The maximum absolute atomic E-state index is 3.96. The maximum atomic E-state index is 3.96. The number of likely N-dealkylation sites (tertiary alicyclic amines) is 1. The molecule has 0 aromatic heterocycles. The van der Waals surface area contributed by atoms with E-state index < -0.39 is 0 Å². The van der Waals surface area contributed by atoms with E-state index in [1.165, 1.54) is 31.6 Å². The topological polar surface area (TPSA) is 3.24 Å². The second kappa shape index (κ2) is 2.01. The molecule has 0 aromatic rings. The summed E-state index contributed by atoms with van der Waals surface area (Å²) in [5, 5.41) is 0. The van der Waals surface area contributed by atoms with Crippen molar-refractivity contribution in [3.63, 3.8) is 0 Å². The highest BCUT2D eigenvalue weighted by molar-refractivity contribution is 4.99. The smallest absolute Gasteiger partial charge is 0.0205 e. The summed E-state index contributed by atoms with van der Waals surface area (Å²) in [6.07, 6.45) is 2.90. The van der Waals surface area contributed by atoms with Gasteiger partial charge in [-0.2, -0.15) is 0 Å². The minimum atomic E-state index is 1.03.